The number of hydrogen-bond donors (Lipinski definition) is 1. The Morgan fingerprint density at radius 3 is 2.67 bits per heavy atom. The molecule has 15 heavy (non-hydrogen) atoms. The van der Waals surface area contributed by atoms with Gasteiger partial charge in [0.1, 0.15) is 11.0 Å². The number of nitrogens with zero attached hydrogens (tertiary/aromatic N) is 1. The van der Waals surface area contributed by atoms with Gasteiger partial charge in [-0.2, -0.15) is 0 Å². The lowest BCUT2D eigenvalue weighted by Crippen LogP contribution is -1.91. The second-order valence-corrected chi connectivity index (χ2v) is 3.39. The van der Waals surface area contributed by atoms with Crippen LogP contribution in [0.4, 0.5) is 15.8 Å². The van der Waals surface area contributed by atoms with Crippen molar-refractivity contribution in [3.63, 3.8) is 0 Å². The molecule has 0 bridgehead atoms. The number of anilines is 2. The first-order chi connectivity index (χ1) is 7.24. The summed E-state index contributed by atoms with van der Waals surface area (Å²) in [6, 6.07) is 9.65. The molecule has 1 aromatic heterocycles. The van der Waals surface area contributed by atoms with Crippen LogP contribution in [0.2, 0.25) is 5.15 Å². The molecule has 0 aliphatic carbocycles. The third kappa shape index (κ3) is 2.67. The predicted molar refractivity (Wildman–Crippen MR) is 58.9 cm³/mol. The van der Waals surface area contributed by atoms with E-state index in [1.807, 2.05) is 0 Å². The topological polar surface area (TPSA) is 24.9 Å². The highest BCUT2D eigenvalue weighted by Crippen LogP contribution is 2.18. The van der Waals surface area contributed by atoms with Gasteiger partial charge in [-0.1, -0.05) is 17.7 Å². The minimum Gasteiger partial charge on any atom is -0.355 e. The molecule has 0 amide bonds. The lowest BCUT2D eigenvalue weighted by molar-refractivity contribution is 0.628. The number of rotatable bonds is 2. The van der Waals surface area contributed by atoms with E-state index in [0.29, 0.717) is 10.8 Å². The quantitative estimate of drug-likeness (QED) is 0.785. The fourth-order valence-electron chi connectivity index (χ4n) is 1.21. The molecule has 1 N–H and O–H groups in total. The zero-order chi connectivity index (χ0) is 10.7. The van der Waals surface area contributed by atoms with Crippen molar-refractivity contribution in [2.75, 3.05) is 5.32 Å². The Labute approximate surface area is 91.7 Å². The van der Waals surface area contributed by atoms with Crippen molar-refractivity contribution in [3.8, 4) is 0 Å². The van der Waals surface area contributed by atoms with Gasteiger partial charge in [-0.25, -0.2) is 9.37 Å². The van der Waals surface area contributed by atoms with Crippen LogP contribution in [0.1, 0.15) is 0 Å². The van der Waals surface area contributed by atoms with Gasteiger partial charge in [0.15, 0.2) is 0 Å². The van der Waals surface area contributed by atoms with Crippen molar-refractivity contribution in [1.82, 2.24) is 4.98 Å². The molecule has 0 spiro atoms. The smallest absolute Gasteiger partial charge is 0.131 e. The van der Waals surface area contributed by atoms with Gasteiger partial charge in [0, 0.05) is 17.6 Å². The lowest BCUT2D eigenvalue weighted by atomic mass is 10.3. The average molecular weight is 223 g/mol. The molecule has 0 aliphatic rings. The van der Waals surface area contributed by atoms with Gasteiger partial charge < -0.3 is 5.32 Å². The Kier molecular flexibility index (Phi) is 2.83. The highest BCUT2D eigenvalue weighted by Gasteiger charge is 1.97. The van der Waals surface area contributed by atoms with E-state index in [-0.39, 0.29) is 5.82 Å². The summed E-state index contributed by atoms with van der Waals surface area (Å²) in [5.74, 6) is -0.278. The van der Waals surface area contributed by atoms with Crippen molar-refractivity contribution in [3.05, 3.63) is 53.6 Å². The van der Waals surface area contributed by atoms with Gasteiger partial charge >= 0.3 is 0 Å². The van der Waals surface area contributed by atoms with E-state index in [1.54, 1.807) is 30.5 Å². The summed E-state index contributed by atoms with van der Waals surface area (Å²) in [5, 5.41) is 3.42. The lowest BCUT2D eigenvalue weighted by Gasteiger charge is -2.05. The fourth-order valence-corrected chi connectivity index (χ4v) is 1.39. The molecular weight excluding hydrogens is 215 g/mol. The summed E-state index contributed by atoms with van der Waals surface area (Å²) in [6.45, 7) is 0. The number of nitrogens with one attached hydrogen (secondary N) is 1. The van der Waals surface area contributed by atoms with Crippen LogP contribution < -0.4 is 5.32 Å². The number of hydrogen-bond acceptors (Lipinski definition) is 2. The Morgan fingerprint density at radius 1 is 1.13 bits per heavy atom. The van der Waals surface area contributed by atoms with Crippen molar-refractivity contribution < 1.29 is 4.39 Å². The van der Waals surface area contributed by atoms with Gasteiger partial charge in [0.05, 0.1) is 0 Å². The number of benzene rings is 1. The van der Waals surface area contributed by atoms with Crippen LogP contribution in [0.3, 0.4) is 0 Å². The van der Waals surface area contributed by atoms with E-state index >= 15 is 0 Å². The van der Waals surface area contributed by atoms with E-state index in [1.165, 1.54) is 12.1 Å². The molecule has 0 radical (unpaired) electrons. The second kappa shape index (κ2) is 4.28. The Morgan fingerprint density at radius 2 is 1.93 bits per heavy atom. The van der Waals surface area contributed by atoms with Crippen LogP contribution in [0.5, 0.6) is 0 Å². The molecule has 0 unspecified atom stereocenters. The number of aromatic nitrogens is 1. The third-order valence-corrected chi connectivity index (χ3v) is 2.05. The molecule has 4 heteroatoms. The first-order valence-electron chi connectivity index (χ1n) is 4.38. The monoisotopic (exact) mass is 222 g/mol. The summed E-state index contributed by atoms with van der Waals surface area (Å²) in [6.07, 6.45) is 1.59. The van der Waals surface area contributed by atoms with Crippen LogP contribution in [-0.2, 0) is 0 Å². The van der Waals surface area contributed by atoms with E-state index in [4.69, 9.17) is 11.6 Å². The number of pyridine rings is 1. The molecule has 1 aromatic carbocycles. The van der Waals surface area contributed by atoms with Gasteiger partial charge in [0.25, 0.3) is 0 Å². The molecule has 0 atom stereocenters. The van der Waals surface area contributed by atoms with Crippen molar-refractivity contribution in [2.24, 2.45) is 0 Å². The minimum atomic E-state index is -0.278. The maximum atomic E-state index is 12.9. The largest absolute Gasteiger partial charge is 0.355 e. The molecule has 2 aromatic rings. The Balaban J connectivity index is 2.22. The highest BCUT2D eigenvalue weighted by molar-refractivity contribution is 6.29. The molecule has 1 heterocycles. The molecule has 0 fully saturated rings. The van der Waals surface area contributed by atoms with E-state index in [0.717, 1.165) is 5.69 Å². The van der Waals surface area contributed by atoms with Crippen LogP contribution in [-0.4, -0.2) is 4.98 Å². The molecule has 0 aliphatic heterocycles. The van der Waals surface area contributed by atoms with Crippen LogP contribution >= 0.6 is 11.6 Å². The number of halogens is 2. The summed E-state index contributed by atoms with van der Waals surface area (Å²) < 4.78 is 12.9. The Bertz CT molecular complexity index is 430. The molecule has 76 valence electrons. The SMILES string of the molecule is Fc1cccc(Nc2ccnc(Cl)c2)c1. The zero-order valence-corrected chi connectivity index (χ0v) is 8.50. The van der Waals surface area contributed by atoms with Crippen LogP contribution in [0.25, 0.3) is 0 Å². The standard InChI is InChI=1S/C11H8ClFN2/c12-11-7-10(4-5-14-11)15-9-3-1-2-8(13)6-9/h1-7H,(H,14,15). The van der Waals surface area contributed by atoms with Gasteiger partial charge in [-0.05, 0) is 30.3 Å². The van der Waals surface area contributed by atoms with Gasteiger partial charge in [-0.3, -0.25) is 0 Å². The first kappa shape index (κ1) is 9.93. The second-order valence-electron chi connectivity index (χ2n) is 3.00. The van der Waals surface area contributed by atoms with E-state index in [2.05, 4.69) is 10.3 Å². The van der Waals surface area contributed by atoms with Gasteiger partial charge in [0.2, 0.25) is 0 Å². The third-order valence-electron chi connectivity index (χ3n) is 1.84. The van der Waals surface area contributed by atoms with Crippen molar-refractivity contribution in [1.29, 1.82) is 0 Å². The summed E-state index contributed by atoms with van der Waals surface area (Å²) in [4.78, 5) is 3.85. The zero-order valence-electron chi connectivity index (χ0n) is 7.74. The van der Waals surface area contributed by atoms with Crippen LogP contribution in [0, 0.1) is 5.82 Å². The normalized spacial score (nSPS) is 10.0. The summed E-state index contributed by atoms with van der Waals surface area (Å²) in [7, 11) is 0. The minimum absolute atomic E-state index is 0.278. The maximum absolute atomic E-state index is 12.9. The summed E-state index contributed by atoms with van der Waals surface area (Å²) in [5.41, 5.74) is 1.46. The van der Waals surface area contributed by atoms with Crippen LogP contribution in [0.15, 0.2) is 42.6 Å². The Hall–Kier alpha value is -1.61. The van der Waals surface area contributed by atoms with Gasteiger partial charge in [-0.15, -0.1) is 0 Å². The van der Waals surface area contributed by atoms with Crippen molar-refractivity contribution in [2.45, 2.75) is 0 Å². The fraction of sp³-hybridized carbons (Fsp3) is 0. The molecular formula is C11H8ClFN2. The first-order valence-corrected chi connectivity index (χ1v) is 4.76. The molecule has 2 rings (SSSR count). The molecule has 0 saturated carbocycles. The maximum Gasteiger partial charge on any atom is 0.131 e. The predicted octanol–water partition coefficient (Wildman–Crippen LogP) is 3.62. The van der Waals surface area contributed by atoms with E-state index < -0.39 is 0 Å². The highest BCUT2D eigenvalue weighted by atomic mass is 35.5. The molecule has 2 nitrogen and oxygen atoms in total. The van der Waals surface area contributed by atoms with E-state index in [9.17, 15) is 4.39 Å². The summed E-state index contributed by atoms with van der Waals surface area (Å²) >= 11 is 5.72. The average Bonchev–Trinajstić information content (AvgIpc) is 2.17. The molecule has 0 saturated heterocycles. The van der Waals surface area contributed by atoms with Crippen molar-refractivity contribution >= 4 is 23.0 Å².